The molecule has 4 rings (SSSR count). The van der Waals surface area contributed by atoms with Crippen LogP contribution in [0.1, 0.15) is 72.1 Å². The number of fused-ring (bicyclic) bond motifs is 5. The molecule has 0 radical (unpaired) electrons. The standard InChI is InChI=1S/C22H34N2O2/c1-13(12-25)15-6-7-16-14-4-5-18-20(24-23)19(26)9-11-22(18,3)17(14)8-10-21(15,16)2/h13-18,25H,4-12H2,1-3H3/p+1/t13?,14?,15-,16?,17?,18?,21-,22-/m1/s1. The van der Waals surface area contributed by atoms with Gasteiger partial charge in [0.15, 0.2) is 10.7 Å². The van der Waals surface area contributed by atoms with Crippen molar-refractivity contribution in [2.75, 3.05) is 6.61 Å². The minimum absolute atomic E-state index is 0.152. The molecular weight excluding hydrogens is 324 g/mol. The van der Waals surface area contributed by atoms with E-state index in [1.54, 1.807) is 0 Å². The van der Waals surface area contributed by atoms with Crippen molar-refractivity contribution in [2.45, 2.75) is 72.1 Å². The summed E-state index contributed by atoms with van der Waals surface area (Å²) in [6, 6.07) is 0. The van der Waals surface area contributed by atoms with Gasteiger partial charge in [0.25, 0.3) is 0 Å². The zero-order valence-corrected chi connectivity index (χ0v) is 16.6. The van der Waals surface area contributed by atoms with Crippen LogP contribution in [0, 0.1) is 51.7 Å². The maximum atomic E-state index is 10.2. The second kappa shape index (κ2) is 6.23. The van der Waals surface area contributed by atoms with Crippen LogP contribution in [0.15, 0.2) is 11.5 Å². The molecule has 0 bridgehead atoms. The van der Waals surface area contributed by atoms with Gasteiger partial charge in [-0.3, -0.25) is 0 Å². The predicted molar refractivity (Wildman–Crippen MR) is 102 cm³/mol. The van der Waals surface area contributed by atoms with Crippen LogP contribution in [0.25, 0.3) is 4.98 Å². The van der Waals surface area contributed by atoms with Crippen molar-refractivity contribution >= 4 is 0 Å². The molecule has 0 aromatic rings. The van der Waals surface area contributed by atoms with Crippen molar-refractivity contribution in [1.82, 2.24) is 0 Å². The normalized spacial score (nSPS) is 49.0. The SMILES string of the molecule is CC(CO)[C@H]1CCC2C3CCC4C([N+]#N)=C(O)CC[C@]4(C)C3CC[C@@]21C. The summed E-state index contributed by atoms with van der Waals surface area (Å²) in [6.07, 6.45) is 8.99. The number of diazo groups is 1. The topological polar surface area (TPSA) is 68.6 Å². The second-order valence-electron chi connectivity index (χ2n) is 10.3. The van der Waals surface area contributed by atoms with Gasteiger partial charge in [-0.15, -0.1) is 0 Å². The van der Waals surface area contributed by atoms with E-state index >= 15 is 0 Å². The fourth-order valence-electron chi connectivity index (χ4n) is 8.21. The lowest BCUT2D eigenvalue weighted by atomic mass is 9.45. The Bertz CT molecular complexity index is 653. The summed E-state index contributed by atoms with van der Waals surface area (Å²) in [6.45, 7) is 7.45. The van der Waals surface area contributed by atoms with E-state index in [0.29, 0.717) is 47.7 Å². The summed E-state index contributed by atoms with van der Waals surface area (Å²) in [4.78, 5) is 3.52. The summed E-state index contributed by atoms with van der Waals surface area (Å²) in [5.41, 5.74) is 1.10. The monoisotopic (exact) mass is 359 g/mol. The van der Waals surface area contributed by atoms with E-state index in [1.807, 2.05) is 0 Å². The highest BCUT2D eigenvalue weighted by molar-refractivity contribution is 5.26. The van der Waals surface area contributed by atoms with Crippen LogP contribution in [0.5, 0.6) is 0 Å². The molecule has 2 N–H and O–H groups in total. The molecule has 4 aliphatic carbocycles. The van der Waals surface area contributed by atoms with Gasteiger partial charge in [0.05, 0.1) is 5.92 Å². The fraction of sp³-hybridized carbons (Fsp3) is 0.909. The molecule has 4 heteroatoms. The Morgan fingerprint density at radius 2 is 1.81 bits per heavy atom. The van der Waals surface area contributed by atoms with Crippen LogP contribution >= 0.6 is 0 Å². The number of hydrogen-bond donors (Lipinski definition) is 2. The molecule has 8 atom stereocenters. The van der Waals surface area contributed by atoms with E-state index < -0.39 is 0 Å². The molecular formula is C22H35N2O2+. The van der Waals surface area contributed by atoms with Crippen molar-refractivity contribution in [1.29, 1.82) is 5.39 Å². The highest BCUT2D eigenvalue weighted by Crippen LogP contribution is 2.68. The van der Waals surface area contributed by atoms with Gasteiger partial charge >= 0.3 is 5.70 Å². The zero-order chi connectivity index (χ0) is 18.7. The van der Waals surface area contributed by atoms with E-state index in [2.05, 4.69) is 25.7 Å². The number of hydrogen-bond acceptors (Lipinski definition) is 3. The highest BCUT2D eigenvalue weighted by Gasteiger charge is 2.63. The Labute approximate surface area is 157 Å². The summed E-state index contributed by atoms with van der Waals surface area (Å²) >= 11 is 0. The quantitative estimate of drug-likeness (QED) is 0.639. The Hall–Kier alpha value is -1.08. The minimum Gasteiger partial charge on any atom is -0.505 e. The van der Waals surface area contributed by atoms with Crippen LogP contribution in [0.4, 0.5) is 0 Å². The first-order chi connectivity index (χ1) is 12.4. The Kier molecular flexibility index (Phi) is 4.38. The Balaban J connectivity index is 1.64. The van der Waals surface area contributed by atoms with Crippen LogP contribution in [-0.2, 0) is 0 Å². The van der Waals surface area contributed by atoms with Gasteiger partial charge in [-0.2, -0.15) is 0 Å². The molecule has 0 aromatic carbocycles. The first-order valence-electron chi connectivity index (χ1n) is 10.7. The number of nitrogens with zero attached hydrogens (tertiary/aromatic N) is 2. The number of aliphatic hydroxyl groups excluding tert-OH is 2. The van der Waals surface area contributed by atoms with Gasteiger partial charge in [-0.05, 0) is 85.4 Å². The number of allylic oxidation sites excluding steroid dienone is 2. The van der Waals surface area contributed by atoms with E-state index in [-0.39, 0.29) is 11.3 Å². The van der Waals surface area contributed by atoms with Crippen molar-refractivity contribution in [3.8, 4) is 0 Å². The van der Waals surface area contributed by atoms with Crippen LogP contribution in [-0.4, -0.2) is 16.8 Å². The molecule has 4 aliphatic rings. The lowest BCUT2D eigenvalue weighted by Crippen LogP contribution is -2.53. The molecule has 0 heterocycles. The average Bonchev–Trinajstić information content (AvgIpc) is 2.99. The second-order valence-corrected chi connectivity index (χ2v) is 10.3. The molecule has 0 aliphatic heterocycles. The largest absolute Gasteiger partial charge is 0.505 e. The van der Waals surface area contributed by atoms with E-state index in [0.717, 1.165) is 24.7 Å². The molecule has 3 saturated carbocycles. The molecule has 4 nitrogen and oxygen atoms in total. The summed E-state index contributed by atoms with van der Waals surface area (Å²) in [7, 11) is 0. The lowest BCUT2D eigenvalue weighted by Gasteiger charge is -2.59. The van der Waals surface area contributed by atoms with Crippen LogP contribution < -0.4 is 0 Å². The van der Waals surface area contributed by atoms with Crippen molar-refractivity contribution in [3.05, 3.63) is 16.4 Å². The number of aliphatic hydroxyl groups is 2. The van der Waals surface area contributed by atoms with E-state index in [1.165, 1.54) is 32.1 Å². The molecule has 144 valence electrons. The van der Waals surface area contributed by atoms with Crippen molar-refractivity contribution in [3.63, 3.8) is 0 Å². The Morgan fingerprint density at radius 1 is 1.08 bits per heavy atom. The first kappa shape index (κ1) is 18.3. The number of rotatable bonds is 2. The van der Waals surface area contributed by atoms with Gasteiger partial charge in [0, 0.05) is 13.0 Å². The zero-order valence-electron chi connectivity index (χ0n) is 16.6. The van der Waals surface area contributed by atoms with Gasteiger partial charge < -0.3 is 10.2 Å². The summed E-state index contributed by atoms with van der Waals surface area (Å²) in [5.74, 6) is 3.78. The van der Waals surface area contributed by atoms with Gasteiger partial charge in [-0.1, -0.05) is 20.8 Å². The fourth-order valence-corrected chi connectivity index (χ4v) is 8.21. The summed E-state index contributed by atoms with van der Waals surface area (Å²) in [5, 5.41) is 29.5. The van der Waals surface area contributed by atoms with E-state index in [9.17, 15) is 15.6 Å². The van der Waals surface area contributed by atoms with Crippen molar-refractivity contribution < 1.29 is 10.2 Å². The van der Waals surface area contributed by atoms with Gasteiger partial charge in [0.2, 0.25) is 5.39 Å². The third-order valence-electron chi connectivity index (χ3n) is 9.55. The average molecular weight is 360 g/mol. The predicted octanol–water partition coefficient (Wildman–Crippen LogP) is 5.51. The Morgan fingerprint density at radius 3 is 2.50 bits per heavy atom. The molecule has 26 heavy (non-hydrogen) atoms. The van der Waals surface area contributed by atoms with Crippen LogP contribution in [0.2, 0.25) is 0 Å². The maximum absolute atomic E-state index is 10.2. The lowest BCUT2D eigenvalue weighted by molar-refractivity contribution is -0.101. The molecule has 0 spiro atoms. The summed E-state index contributed by atoms with van der Waals surface area (Å²) < 4.78 is 0. The highest BCUT2D eigenvalue weighted by atomic mass is 16.3. The third kappa shape index (κ3) is 2.32. The van der Waals surface area contributed by atoms with Gasteiger partial charge in [-0.25, -0.2) is 0 Å². The smallest absolute Gasteiger partial charge is 0.401 e. The minimum atomic E-state index is 0.152. The maximum Gasteiger partial charge on any atom is 0.401 e. The third-order valence-corrected chi connectivity index (χ3v) is 9.55. The van der Waals surface area contributed by atoms with Crippen LogP contribution in [0.3, 0.4) is 0 Å². The molecule has 0 saturated heterocycles. The molecule has 0 aromatic heterocycles. The van der Waals surface area contributed by atoms with Crippen molar-refractivity contribution in [2.24, 2.45) is 46.3 Å². The first-order valence-corrected chi connectivity index (χ1v) is 10.7. The van der Waals surface area contributed by atoms with E-state index in [4.69, 9.17) is 0 Å². The molecule has 5 unspecified atom stereocenters. The molecule has 0 amide bonds. The molecule has 3 fully saturated rings. The van der Waals surface area contributed by atoms with Gasteiger partial charge in [0.1, 0.15) is 0 Å².